The van der Waals surface area contributed by atoms with Crippen molar-refractivity contribution in [3.8, 4) is 0 Å². The van der Waals surface area contributed by atoms with Crippen LogP contribution >= 0.6 is 0 Å². The molecule has 0 rings (SSSR count). The number of hydrogen-bond donors (Lipinski definition) is 8. The van der Waals surface area contributed by atoms with Crippen LogP contribution in [0.4, 0.5) is 0 Å². The van der Waals surface area contributed by atoms with Gasteiger partial charge in [0.2, 0.25) is 0 Å². The average Bonchev–Trinajstić information content (AvgIpc) is 2.46. The van der Waals surface area contributed by atoms with Crippen molar-refractivity contribution in [2.24, 2.45) is 22.9 Å². The fraction of sp³-hybridized carbons (Fsp3) is 0.667. The lowest BCUT2D eigenvalue weighted by molar-refractivity contribution is -0.161. The number of rotatable bonds is 10. The number of nitrogens with one attached hydrogen (secondary N) is 4. The van der Waals surface area contributed by atoms with Crippen molar-refractivity contribution < 1.29 is 14.3 Å². The minimum atomic E-state index is -0.945. The highest BCUT2D eigenvalue weighted by Crippen LogP contribution is 2.01. The van der Waals surface area contributed by atoms with Crippen LogP contribution in [0.15, 0.2) is 0 Å². The first-order chi connectivity index (χ1) is 10.7. The Labute approximate surface area is 134 Å². The van der Waals surface area contributed by atoms with Crippen LogP contribution in [0.25, 0.3) is 0 Å². The number of guanidine groups is 2. The van der Waals surface area contributed by atoms with Gasteiger partial charge < -0.3 is 38.3 Å². The quantitative estimate of drug-likeness (QED) is 0.0682. The maximum Gasteiger partial charge on any atom is 0.330 e. The molecule has 0 saturated heterocycles. The first-order valence-electron chi connectivity index (χ1n) is 7.16. The summed E-state index contributed by atoms with van der Waals surface area (Å²) < 4.78 is 4.63. The highest BCUT2D eigenvalue weighted by atomic mass is 16.6. The van der Waals surface area contributed by atoms with Crippen LogP contribution in [0.1, 0.15) is 25.7 Å². The minimum absolute atomic E-state index is 0.165. The lowest BCUT2D eigenvalue weighted by Gasteiger charge is -2.14. The molecule has 0 unspecified atom stereocenters. The van der Waals surface area contributed by atoms with E-state index in [4.69, 9.17) is 33.8 Å². The molecule has 0 radical (unpaired) electrons. The van der Waals surface area contributed by atoms with E-state index in [1.807, 2.05) is 0 Å². The van der Waals surface area contributed by atoms with Crippen LogP contribution in [-0.2, 0) is 14.3 Å². The van der Waals surface area contributed by atoms with Crippen molar-refractivity contribution in [1.29, 1.82) is 10.8 Å². The number of nitrogens with two attached hydrogens (primary N) is 4. The Hall–Kier alpha value is -2.40. The van der Waals surface area contributed by atoms with E-state index in [-0.39, 0.29) is 24.8 Å². The molecule has 0 bridgehead atoms. The Morgan fingerprint density at radius 2 is 1.22 bits per heavy atom. The molecule has 0 spiro atoms. The van der Waals surface area contributed by atoms with Gasteiger partial charge in [0, 0.05) is 13.1 Å². The van der Waals surface area contributed by atoms with E-state index >= 15 is 0 Å². The Morgan fingerprint density at radius 3 is 1.52 bits per heavy atom. The standard InChI is InChI=1S/C12H26N8O3/c13-7(3-1-5-19-11(15)16)9(21)23-10(22)8(14)4-2-6-20-12(17)18/h7-8H,1-6,13-14H2,(H4,15,16,19)(H4,17,18,20)/t7-,8-/m1/s1. The lowest BCUT2D eigenvalue weighted by atomic mass is 10.1. The molecule has 23 heavy (non-hydrogen) atoms. The second kappa shape index (κ2) is 11.2. The molecule has 2 atom stereocenters. The molecular weight excluding hydrogens is 304 g/mol. The van der Waals surface area contributed by atoms with Crippen LogP contribution in [-0.4, -0.2) is 49.0 Å². The summed E-state index contributed by atoms with van der Waals surface area (Å²) in [5.41, 5.74) is 21.4. The third-order valence-corrected chi connectivity index (χ3v) is 2.82. The van der Waals surface area contributed by atoms with Gasteiger partial charge in [-0.1, -0.05) is 0 Å². The first-order valence-corrected chi connectivity index (χ1v) is 7.16. The van der Waals surface area contributed by atoms with Crippen LogP contribution in [0.5, 0.6) is 0 Å². The molecule has 0 aromatic heterocycles. The Morgan fingerprint density at radius 1 is 0.870 bits per heavy atom. The second-order valence-electron chi connectivity index (χ2n) is 4.92. The van der Waals surface area contributed by atoms with Gasteiger partial charge in [-0.3, -0.25) is 10.8 Å². The van der Waals surface area contributed by atoms with Gasteiger partial charge in [0.15, 0.2) is 11.9 Å². The largest absolute Gasteiger partial charge is 0.391 e. The first kappa shape index (κ1) is 20.6. The molecule has 0 aromatic rings. The number of carbonyl (C=O) groups excluding carboxylic acids is 2. The Balaban J connectivity index is 3.95. The van der Waals surface area contributed by atoms with E-state index in [9.17, 15) is 9.59 Å². The van der Waals surface area contributed by atoms with Crippen molar-refractivity contribution in [2.75, 3.05) is 13.1 Å². The maximum absolute atomic E-state index is 11.6. The van der Waals surface area contributed by atoms with Crippen molar-refractivity contribution in [3.05, 3.63) is 0 Å². The van der Waals surface area contributed by atoms with Crippen molar-refractivity contribution in [3.63, 3.8) is 0 Å². The van der Waals surface area contributed by atoms with Crippen molar-refractivity contribution >= 4 is 23.9 Å². The zero-order valence-corrected chi connectivity index (χ0v) is 12.9. The molecule has 0 fully saturated rings. The summed E-state index contributed by atoms with van der Waals surface area (Å²) in [5.74, 6) is -2.01. The predicted octanol–water partition coefficient (Wildman–Crippen LogP) is -2.76. The molecule has 0 aliphatic carbocycles. The number of ether oxygens (including phenoxy) is 1. The summed E-state index contributed by atoms with van der Waals surface area (Å²) >= 11 is 0. The number of carbonyl (C=O) groups is 2. The van der Waals surface area contributed by atoms with E-state index in [0.717, 1.165) is 0 Å². The molecule has 0 aliphatic heterocycles. The van der Waals surface area contributed by atoms with E-state index in [2.05, 4.69) is 15.4 Å². The summed E-state index contributed by atoms with van der Waals surface area (Å²) in [6.07, 6.45) is 1.55. The third kappa shape index (κ3) is 10.9. The SMILES string of the molecule is N=C(N)NCCC[C@@H](N)C(=O)OC(=O)[C@H](N)CCCNC(=N)N. The summed E-state index contributed by atoms with van der Waals surface area (Å²) in [7, 11) is 0. The van der Waals surface area contributed by atoms with Gasteiger partial charge in [0.1, 0.15) is 12.1 Å². The average molecular weight is 330 g/mol. The number of esters is 2. The van der Waals surface area contributed by atoms with Gasteiger partial charge in [0.05, 0.1) is 0 Å². The molecule has 11 nitrogen and oxygen atoms in total. The van der Waals surface area contributed by atoms with Crippen LogP contribution in [0, 0.1) is 10.8 Å². The zero-order valence-electron chi connectivity index (χ0n) is 12.9. The van der Waals surface area contributed by atoms with Gasteiger partial charge in [-0.25, -0.2) is 9.59 Å². The summed E-state index contributed by atoms with van der Waals surface area (Å²) in [6.45, 7) is 0.792. The second-order valence-corrected chi connectivity index (χ2v) is 4.92. The maximum atomic E-state index is 11.6. The van der Waals surface area contributed by atoms with E-state index in [0.29, 0.717) is 25.9 Å². The van der Waals surface area contributed by atoms with Gasteiger partial charge in [-0.05, 0) is 25.7 Å². The third-order valence-electron chi connectivity index (χ3n) is 2.82. The van der Waals surface area contributed by atoms with Crippen LogP contribution in [0.3, 0.4) is 0 Å². The van der Waals surface area contributed by atoms with Gasteiger partial charge in [-0.2, -0.15) is 0 Å². The molecule has 0 amide bonds. The summed E-state index contributed by atoms with van der Waals surface area (Å²) in [5, 5.41) is 19.1. The van der Waals surface area contributed by atoms with Gasteiger partial charge in [0.25, 0.3) is 0 Å². The lowest BCUT2D eigenvalue weighted by Crippen LogP contribution is -2.40. The minimum Gasteiger partial charge on any atom is -0.391 e. The molecule has 132 valence electrons. The van der Waals surface area contributed by atoms with E-state index in [1.165, 1.54) is 0 Å². The van der Waals surface area contributed by atoms with Gasteiger partial charge >= 0.3 is 11.9 Å². The van der Waals surface area contributed by atoms with Gasteiger partial charge in [-0.15, -0.1) is 0 Å². The Kier molecular flexibility index (Phi) is 10.0. The summed E-state index contributed by atoms with van der Waals surface area (Å²) in [4.78, 5) is 23.3. The Bertz CT molecular complexity index is 391. The molecular formula is C12H26N8O3. The smallest absolute Gasteiger partial charge is 0.330 e. The summed E-state index contributed by atoms with van der Waals surface area (Å²) in [6, 6.07) is -1.89. The van der Waals surface area contributed by atoms with Crippen LogP contribution in [0.2, 0.25) is 0 Å². The highest BCUT2D eigenvalue weighted by molar-refractivity contribution is 5.90. The van der Waals surface area contributed by atoms with Crippen molar-refractivity contribution in [2.45, 2.75) is 37.8 Å². The highest BCUT2D eigenvalue weighted by Gasteiger charge is 2.22. The predicted molar refractivity (Wildman–Crippen MR) is 85.4 cm³/mol. The fourth-order valence-corrected chi connectivity index (χ4v) is 1.58. The molecule has 0 aliphatic rings. The topological polar surface area (TPSA) is 219 Å². The van der Waals surface area contributed by atoms with Crippen LogP contribution < -0.4 is 33.6 Å². The fourth-order valence-electron chi connectivity index (χ4n) is 1.58. The van der Waals surface area contributed by atoms with E-state index in [1.54, 1.807) is 0 Å². The van der Waals surface area contributed by atoms with Crippen molar-refractivity contribution in [1.82, 2.24) is 10.6 Å². The number of hydrogen-bond acceptors (Lipinski definition) is 7. The normalized spacial score (nSPS) is 12.8. The molecule has 11 heteroatoms. The zero-order chi connectivity index (χ0) is 17.8. The van der Waals surface area contributed by atoms with E-state index < -0.39 is 24.0 Å². The molecule has 0 aromatic carbocycles. The molecule has 12 N–H and O–H groups in total. The molecule has 0 heterocycles. The monoisotopic (exact) mass is 330 g/mol. The molecule has 0 saturated carbocycles.